The lowest BCUT2D eigenvalue weighted by molar-refractivity contribution is -0.0739. The van der Waals surface area contributed by atoms with Crippen LogP contribution in [0, 0.1) is 5.92 Å². The molecule has 0 bridgehead atoms. The lowest BCUT2D eigenvalue weighted by Gasteiger charge is -2.33. The normalized spacial score (nSPS) is 20.2. The summed E-state index contributed by atoms with van der Waals surface area (Å²) in [5, 5.41) is 11.3. The lowest BCUT2D eigenvalue weighted by Crippen LogP contribution is -2.32. The maximum absolute atomic E-state index is 10.6. The van der Waals surface area contributed by atoms with Crippen LogP contribution in [-0.4, -0.2) is 17.8 Å². The lowest BCUT2D eigenvalue weighted by atomic mass is 9.82. The number of hydrogen-bond acceptors (Lipinski definition) is 2. The highest BCUT2D eigenvalue weighted by molar-refractivity contribution is 6.30. The van der Waals surface area contributed by atoms with E-state index in [1.165, 1.54) is 19.3 Å². The van der Waals surface area contributed by atoms with Crippen molar-refractivity contribution in [2.24, 2.45) is 5.92 Å². The maximum Gasteiger partial charge on any atom is 0.105 e. The van der Waals surface area contributed by atoms with Gasteiger partial charge in [0, 0.05) is 11.6 Å². The summed E-state index contributed by atoms with van der Waals surface area (Å²) in [4.78, 5) is 0. The van der Waals surface area contributed by atoms with Gasteiger partial charge in [-0.05, 0) is 43.4 Å². The Balaban J connectivity index is 2.10. The molecule has 0 aromatic heterocycles. The molecule has 1 aliphatic carbocycles. The van der Waals surface area contributed by atoms with Gasteiger partial charge < -0.3 is 9.84 Å². The molecule has 1 saturated carbocycles. The Morgan fingerprint density at radius 3 is 2.42 bits per heavy atom. The Morgan fingerprint density at radius 2 is 1.84 bits per heavy atom. The quantitative estimate of drug-likeness (QED) is 0.869. The number of aliphatic hydroxyl groups excluding tert-OH is 1. The summed E-state index contributed by atoms with van der Waals surface area (Å²) in [5.41, 5.74) is 0.897. The molecule has 1 fully saturated rings. The fourth-order valence-corrected chi connectivity index (χ4v) is 3.12. The second-order valence-electron chi connectivity index (χ2n) is 5.31. The Morgan fingerprint density at radius 1 is 1.21 bits per heavy atom. The predicted molar refractivity (Wildman–Crippen MR) is 78.4 cm³/mol. The molecule has 0 radical (unpaired) electrons. The van der Waals surface area contributed by atoms with Gasteiger partial charge in [-0.15, -0.1) is 0 Å². The van der Waals surface area contributed by atoms with Gasteiger partial charge in [0.05, 0.1) is 6.10 Å². The Bertz CT molecular complexity index is 371. The number of ether oxygens (including phenoxy) is 1. The van der Waals surface area contributed by atoms with Crippen molar-refractivity contribution in [1.29, 1.82) is 0 Å². The van der Waals surface area contributed by atoms with E-state index in [4.69, 9.17) is 16.3 Å². The van der Waals surface area contributed by atoms with Crippen LogP contribution in [0.5, 0.6) is 0 Å². The number of aliphatic hydroxyl groups is 1. The molecule has 1 aliphatic rings. The van der Waals surface area contributed by atoms with Crippen LogP contribution in [0.2, 0.25) is 5.02 Å². The van der Waals surface area contributed by atoms with Crippen LogP contribution in [0.15, 0.2) is 24.3 Å². The molecule has 1 aromatic carbocycles. The van der Waals surface area contributed by atoms with Gasteiger partial charge in [0.1, 0.15) is 6.10 Å². The minimum absolute atomic E-state index is 0.0912. The number of halogens is 1. The van der Waals surface area contributed by atoms with E-state index >= 15 is 0 Å². The largest absolute Gasteiger partial charge is 0.386 e. The highest BCUT2D eigenvalue weighted by Gasteiger charge is 2.30. The van der Waals surface area contributed by atoms with E-state index in [1.54, 1.807) is 0 Å². The summed E-state index contributed by atoms with van der Waals surface area (Å²) < 4.78 is 5.84. The van der Waals surface area contributed by atoms with Gasteiger partial charge in [-0.3, -0.25) is 0 Å². The van der Waals surface area contributed by atoms with Gasteiger partial charge in [-0.1, -0.05) is 43.0 Å². The zero-order valence-corrected chi connectivity index (χ0v) is 12.3. The van der Waals surface area contributed by atoms with E-state index in [0.29, 0.717) is 17.5 Å². The zero-order chi connectivity index (χ0) is 13.7. The Hall–Kier alpha value is -0.570. The average molecular weight is 283 g/mol. The van der Waals surface area contributed by atoms with Crippen molar-refractivity contribution < 1.29 is 9.84 Å². The van der Waals surface area contributed by atoms with Gasteiger partial charge in [-0.2, -0.15) is 0 Å². The topological polar surface area (TPSA) is 29.5 Å². The van der Waals surface area contributed by atoms with E-state index in [2.05, 4.69) is 0 Å². The van der Waals surface area contributed by atoms with E-state index in [1.807, 2.05) is 31.2 Å². The van der Waals surface area contributed by atoms with E-state index < -0.39 is 6.10 Å². The van der Waals surface area contributed by atoms with Crippen LogP contribution in [0.1, 0.15) is 50.7 Å². The second-order valence-corrected chi connectivity index (χ2v) is 5.75. The first-order valence-corrected chi connectivity index (χ1v) is 7.65. The van der Waals surface area contributed by atoms with Crippen LogP contribution in [-0.2, 0) is 4.74 Å². The van der Waals surface area contributed by atoms with Crippen molar-refractivity contribution in [1.82, 2.24) is 0 Å². The standard InChI is InChI=1S/C16H23ClO2/c1-2-19-16(13-6-4-3-5-7-13)15(18)12-8-10-14(17)11-9-12/h8-11,13,15-16,18H,2-7H2,1H3. The molecule has 3 heteroatoms. The molecule has 106 valence electrons. The molecule has 2 unspecified atom stereocenters. The van der Waals surface area contributed by atoms with Crippen molar-refractivity contribution in [2.75, 3.05) is 6.61 Å². The molecule has 0 amide bonds. The highest BCUT2D eigenvalue weighted by atomic mass is 35.5. The minimum Gasteiger partial charge on any atom is -0.386 e. The number of hydrogen-bond donors (Lipinski definition) is 1. The van der Waals surface area contributed by atoms with Gasteiger partial charge in [-0.25, -0.2) is 0 Å². The SMILES string of the molecule is CCOC(C1CCCCC1)C(O)c1ccc(Cl)cc1. The molecule has 2 atom stereocenters. The first-order valence-electron chi connectivity index (χ1n) is 7.27. The average Bonchev–Trinajstić information content (AvgIpc) is 2.46. The van der Waals surface area contributed by atoms with Gasteiger partial charge in [0.2, 0.25) is 0 Å². The number of rotatable bonds is 5. The maximum atomic E-state index is 10.6. The first-order chi connectivity index (χ1) is 9.22. The third kappa shape index (κ3) is 3.95. The van der Waals surface area contributed by atoms with Crippen LogP contribution >= 0.6 is 11.6 Å². The monoisotopic (exact) mass is 282 g/mol. The molecule has 2 nitrogen and oxygen atoms in total. The third-order valence-electron chi connectivity index (χ3n) is 4.00. The van der Waals surface area contributed by atoms with Gasteiger partial charge in [0.25, 0.3) is 0 Å². The van der Waals surface area contributed by atoms with Crippen LogP contribution in [0.3, 0.4) is 0 Å². The van der Waals surface area contributed by atoms with Crippen LogP contribution < -0.4 is 0 Å². The molecule has 1 aromatic rings. The van der Waals surface area contributed by atoms with E-state index in [0.717, 1.165) is 18.4 Å². The molecule has 0 spiro atoms. The summed E-state index contributed by atoms with van der Waals surface area (Å²) in [6.07, 6.45) is 5.49. The minimum atomic E-state index is -0.555. The first kappa shape index (κ1) is 14.8. The van der Waals surface area contributed by atoms with Crippen molar-refractivity contribution in [3.63, 3.8) is 0 Å². The van der Waals surface area contributed by atoms with Gasteiger partial charge >= 0.3 is 0 Å². The van der Waals surface area contributed by atoms with Crippen molar-refractivity contribution in [3.05, 3.63) is 34.9 Å². The zero-order valence-electron chi connectivity index (χ0n) is 11.5. The van der Waals surface area contributed by atoms with E-state index in [9.17, 15) is 5.11 Å². The molecule has 2 rings (SSSR count). The Kier molecular flexibility index (Phi) is 5.68. The molecule has 0 aliphatic heterocycles. The molecule has 1 N–H and O–H groups in total. The van der Waals surface area contributed by atoms with Crippen molar-refractivity contribution in [2.45, 2.75) is 51.2 Å². The fraction of sp³-hybridized carbons (Fsp3) is 0.625. The summed E-state index contributed by atoms with van der Waals surface area (Å²) in [6.45, 7) is 2.64. The predicted octanol–water partition coefficient (Wildman–Crippen LogP) is 4.36. The van der Waals surface area contributed by atoms with Crippen LogP contribution in [0.4, 0.5) is 0 Å². The molecule has 0 saturated heterocycles. The fourth-order valence-electron chi connectivity index (χ4n) is 2.99. The molecular formula is C16H23ClO2. The van der Waals surface area contributed by atoms with Crippen LogP contribution in [0.25, 0.3) is 0 Å². The summed E-state index contributed by atoms with van der Waals surface area (Å²) in [6, 6.07) is 7.43. The smallest absolute Gasteiger partial charge is 0.105 e. The highest BCUT2D eigenvalue weighted by Crippen LogP contribution is 2.34. The summed E-state index contributed by atoms with van der Waals surface area (Å²) in [5.74, 6) is 0.472. The van der Waals surface area contributed by atoms with Crippen molar-refractivity contribution in [3.8, 4) is 0 Å². The molecule has 0 heterocycles. The van der Waals surface area contributed by atoms with Crippen molar-refractivity contribution >= 4 is 11.6 Å². The summed E-state index contributed by atoms with van der Waals surface area (Å²) in [7, 11) is 0. The molecular weight excluding hydrogens is 260 g/mol. The van der Waals surface area contributed by atoms with Gasteiger partial charge in [0.15, 0.2) is 0 Å². The Labute approximate surface area is 120 Å². The number of benzene rings is 1. The van der Waals surface area contributed by atoms with E-state index in [-0.39, 0.29) is 6.10 Å². The second kappa shape index (κ2) is 7.28. The molecule has 19 heavy (non-hydrogen) atoms. The third-order valence-corrected chi connectivity index (χ3v) is 4.25. The summed E-state index contributed by atoms with van der Waals surface area (Å²) >= 11 is 5.89.